The van der Waals surface area contributed by atoms with Crippen LogP contribution in [0.5, 0.6) is 0 Å². The van der Waals surface area contributed by atoms with Crippen molar-refractivity contribution in [1.82, 2.24) is 0 Å². The Labute approximate surface area is 142 Å². The summed E-state index contributed by atoms with van der Waals surface area (Å²) in [5, 5.41) is 3.60. The number of carbonyl (C=O) groups excluding carboxylic acids is 2. The molecule has 1 heterocycles. The molecular weight excluding hydrogens is 308 g/mol. The van der Waals surface area contributed by atoms with Crippen molar-refractivity contribution in [3.05, 3.63) is 16.0 Å². The topological polar surface area (TPSA) is 72.2 Å². The Morgan fingerprint density at radius 2 is 2.00 bits per heavy atom. The lowest BCUT2D eigenvalue weighted by atomic mass is 9.88. The Hall–Kier alpha value is -1.36. The average molecular weight is 337 g/mol. The molecular formula is C18H28N2O2S. The minimum atomic E-state index is -0.421. The van der Waals surface area contributed by atoms with Crippen LogP contribution in [0.2, 0.25) is 0 Å². The number of hydrogen-bond donors (Lipinski definition) is 2. The van der Waals surface area contributed by atoms with Crippen LogP contribution in [-0.2, 0) is 17.6 Å². The molecule has 0 saturated heterocycles. The first kappa shape index (κ1) is 18.0. The minimum Gasteiger partial charge on any atom is -0.365 e. The molecule has 4 nitrogen and oxygen atoms in total. The summed E-state index contributed by atoms with van der Waals surface area (Å²) in [7, 11) is 0. The van der Waals surface area contributed by atoms with Crippen molar-refractivity contribution in [1.29, 1.82) is 0 Å². The van der Waals surface area contributed by atoms with Gasteiger partial charge in [0.2, 0.25) is 5.91 Å². The molecule has 23 heavy (non-hydrogen) atoms. The number of rotatable bonds is 8. The van der Waals surface area contributed by atoms with Crippen LogP contribution in [0.1, 0.15) is 79.6 Å². The van der Waals surface area contributed by atoms with Crippen molar-refractivity contribution >= 4 is 28.2 Å². The molecule has 1 unspecified atom stereocenters. The van der Waals surface area contributed by atoms with Gasteiger partial charge in [-0.1, -0.05) is 39.5 Å². The highest BCUT2D eigenvalue weighted by atomic mass is 32.1. The number of fused-ring (bicyclic) bond motifs is 1. The Balaban J connectivity index is 1.99. The summed E-state index contributed by atoms with van der Waals surface area (Å²) >= 11 is 1.54. The molecule has 0 radical (unpaired) electrons. The van der Waals surface area contributed by atoms with Gasteiger partial charge in [-0.15, -0.1) is 11.3 Å². The molecule has 2 rings (SSSR count). The third kappa shape index (κ3) is 4.80. The summed E-state index contributed by atoms with van der Waals surface area (Å²) in [4.78, 5) is 25.2. The monoisotopic (exact) mass is 336 g/mol. The molecule has 2 amide bonds. The second kappa shape index (κ2) is 8.48. The van der Waals surface area contributed by atoms with Crippen molar-refractivity contribution < 1.29 is 9.59 Å². The molecule has 0 aliphatic heterocycles. The second-order valence-corrected chi connectivity index (χ2v) is 7.74. The van der Waals surface area contributed by atoms with Crippen molar-refractivity contribution in [3.8, 4) is 0 Å². The van der Waals surface area contributed by atoms with Crippen LogP contribution >= 0.6 is 11.3 Å². The number of nitrogens with one attached hydrogen (secondary N) is 1. The summed E-state index contributed by atoms with van der Waals surface area (Å²) in [5.74, 6) is 0.204. The van der Waals surface area contributed by atoms with Crippen LogP contribution in [-0.4, -0.2) is 11.8 Å². The van der Waals surface area contributed by atoms with Gasteiger partial charge in [0.25, 0.3) is 5.91 Å². The molecule has 1 aromatic rings. The molecule has 3 N–H and O–H groups in total. The number of primary amides is 1. The van der Waals surface area contributed by atoms with Crippen LogP contribution in [0.15, 0.2) is 0 Å². The molecule has 0 saturated carbocycles. The number of anilines is 1. The minimum absolute atomic E-state index is 0.00403. The first-order valence-electron chi connectivity index (χ1n) is 8.77. The van der Waals surface area contributed by atoms with Gasteiger partial charge in [-0.25, -0.2) is 0 Å². The Morgan fingerprint density at radius 3 is 2.70 bits per heavy atom. The Bertz CT molecular complexity index is 566. The van der Waals surface area contributed by atoms with E-state index in [9.17, 15) is 9.59 Å². The van der Waals surface area contributed by atoms with E-state index in [0.717, 1.165) is 37.7 Å². The zero-order chi connectivity index (χ0) is 16.8. The largest absolute Gasteiger partial charge is 0.365 e. The third-order valence-corrected chi connectivity index (χ3v) is 5.69. The van der Waals surface area contributed by atoms with E-state index in [1.807, 2.05) is 0 Å². The average Bonchev–Trinajstić information content (AvgIpc) is 2.83. The number of unbranched alkanes of at least 4 members (excludes halogenated alkanes) is 4. The zero-order valence-corrected chi connectivity index (χ0v) is 15.1. The summed E-state index contributed by atoms with van der Waals surface area (Å²) in [5.41, 5.74) is 7.19. The van der Waals surface area contributed by atoms with Crippen LogP contribution < -0.4 is 11.1 Å². The molecule has 0 aromatic carbocycles. The standard InChI is InChI=1S/C18H28N2O2S/c1-3-4-5-6-7-8-15(21)20-18-16(17(19)22)13-10-9-12(2)11-14(13)23-18/h12H,3-11H2,1-2H3,(H2,19,22)(H,20,21). The van der Waals surface area contributed by atoms with Crippen LogP contribution in [0, 0.1) is 5.92 Å². The number of amides is 2. The predicted molar refractivity (Wildman–Crippen MR) is 96.0 cm³/mol. The molecule has 1 aromatic heterocycles. The fourth-order valence-electron chi connectivity index (χ4n) is 3.18. The normalized spacial score (nSPS) is 16.9. The maximum atomic E-state index is 12.1. The summed E-state index contributed by atoms with van der Waals surface area (Å²) in [6.07, 6.45) is 9.06. The highest BCUT2D eigenvalue weighted by molar-refractivity contribution is 7.17. The quantitative estimate of drug-likeness (QED) is 0.696. The molecule has 128 valence electrons. The zero-order valence-electron chi connectivity index (χ0n) is 14.2. The lowest BCUT2D eigenvalue weighted by molar-refractivity contribution is -0.116. The van der Waals surface area contributed by atoms with E-state index in [2.05, 4.69) is 19.2 Å². The van der Waals surface area contributed by atoms with Gasteiger partial charge in [-0.05, 0) is 37.2 Å². The summed E-state index contributed by atoms with van der Waals surface area (Å²) in [6.45, 7) is 4.40. The van der Waals surface area contributed by atoms with Gasteiger partial charge >= 0.3 is 0 Å². The van der Waals surface area contributed by atoms with E-state index < -0.39 is 5.91 Å². The van der Waals surface area contributed by atoms with Crippen molar-refractivity contribution in [2.24, 2.45) is 11.7 Å². The number of hydrogen-bond acceptors (Lipinski definition) is 3. The van der Waals surface area contributed by atoms with Crippen molar-refractivity contribution in [2.75, 3.05) is 5.32 Å². The molecule has 5 heteroatoms. The molecule has 1 atom stereocenters. The van der Waals surface area contributed by atoms with Gasteiger partial charge in [0, 0.05) is 11.3 Å². The SMILES string of the molecule is CCCCCCCC(=O)Nc1sc2c(c1C(N)=O)CCC(C)C2. The highest BCUT2D eigenvalue weighted by Gasteiger charge is 2.27. The maximum Gasteiger partial charge on any atom is 0.251 e. The third-order valence-electron chi connectivity index (χ3n) is 4.52. The Kier molecular flexibility index (Phi) is 6.63. The fourth-order valence-corrected chi connectivity index (χ4v) is 4.61. The van der Waals surface area contributed by atoms with Gasteiger partial charge < -0.3 is 11.1 Å². The first-order chi connectivity index (χ1) is 11.0. The lowest BCUT2D eigenvalue weighted by Crippen LogP contribution is -2.19. The number of thiophene rings is 1. The van der Waals surface area contributed by atoms with E-state index in [0.29, 0.717) is 22.9 Å². The number of nitrogens with two attached hydrogens (primary N) is 1. The molecule has 1 aliphatic carbocycles. The van der Waals surface area contributed by atoms with Gasteiger partial charge in [0.15, 0.2) is 0 Å². The predicted octanol–water partition coefficient (Wildman–Crippen LogP) is 4.27. The van der Waals surface area contributed by atoms with Crippen LogP contribution in [0.4, 0.5) is 5.00 Å². The van der Waals surface area contributed by atoms with E-state index in [4.69, 9.17) is 5.73 Å². The van der Waals surface area contributed by atoms with Gasteiger partial charge in [0.1, 0.15) is 5.00 Å². The number of carbonyl (C=O) groups is 2. The molecule has 0 fully saturated rings. The van der Waals surface area contributed by atoms with Gasteiger partial charge in [0.05, 0.1) is 5.56 Å². The van der Waals surface area contributed by atoms with E-state index in [-0.39, 0.29) is 5.91 Å². The maximum absolute atomic E-state index is 12.1. The van der Waals surface area contributed by atoms with Crippen LogP contribution in [0.25, 0.3) is 0 Å². The first-order valence-corrected chi connectivity index (χ1v) is 9.58. The van der Waals surface area contributed by atoms with E-state index in [1.54, 1.807) is 0 Å². The van der Waals surface area contributed by atoms with Crippen molar-refractivity contribution in [2.45, 2.75) is 71.6 Å². The van der Waals surface area contributed by atoms with E-state index in [1.165, 1.54) is 35.5 Å². The van der Waals surface area contributed by atoms with Gasteiger partial charge in [-0.2, -0.15) is 0 Å². The molecule has 1 aliphatic rings. The van der Waals surface area contributed by atoms with Crippen LogP contribution in [0.3, 0.4) is 0 Å². The Morgan fingerprint density at radius 1 is 1.26 bits per heavy atom. The summed E-state index contributed by atoms with van der Waals surface area (Å²) in [6, 6.07) is 0. The molecule has 0 bridgehead atoms. The highest BCUT2D eigenvalue weighted by Crippen LogP contribution is 2.39. The smallest absolute Gasteiger partial charge is 0.251 e. The fraction of sp³-hybridized carbons (Fsp3) is 0.667. The van der Waals surface area contributed by atoms with E-state index >= 15 is 0 Å². The summed E-state index contributed by atoms with van der Waals surface area (Å²) < 4.78 is 0. The lowest BCUT2D eigenvalue weighted by Gasteiger charge is -2.18. The van der Waals surface area contributed by atoms with Crippen molar-refractivity contribution in [3.63, 3.8) is 0 Å². The second-order valence-electron chi connectivity index (χ2n) is 6.63. The van der Waals surface area contributed by atoms with Gasteiger partial charge in [-0.3, -0.25) is 9.59 Å². The molecule has 0 spiro atoms.